The molecule has 16 heavy (non-hydrogen) atoms. The molecule has 1 aromatic carbocycles. The lowest BCUT2D eigenvalue weighted by atomic mass is 10.1. The van der Waals surface area contributed by atoms with Crippen LogP contribution in [0.2, 0.25) is 0 Å². The number of carbonyl (C=O) groups is 2. The highest BCUT2D eigenvalue weighted by atomic mass is 16.5. The average molecular weight is 219 g/mol. The van der Waals surface area contributed by atoms with Crippen molar-refractivity contribution in [3.63, 3.8) is 0 Å². The molecule has 0 aliphatic carbocycles. The number of carbonyl (C=O) groups excluding carboxylic acids is 2. The van der Waals surface area contributed by atoms with Gasteiger partial charge in [-0.05, 0) is 24.6 Å². The van der Waals surface area contributed by atoms with Crippen LogP contribution in [0, 0.1) is 0 Å². The van der Waals surface area contributed by atoms with Crippen LogP contribution in [0.25, 0.3) is 0 Å². The molecule has 1 aliphatic rings. The van der Waals surface area contributed by atoms with Crippen LogP contribution >= 0.6 is 0 Å². The normalized spacial score (nSPS) is 13.7. The maximum Gasteiger partial charge on any atom is 0.262 e. The first kappa shape index (κ1) is 10.7. The predicted molar refractivity (Wildman–Crippen MR) is 59.8 cm³/mol. The molecule has 4 nitrogen and oxygen atoms in total. The molecule has 0 aromatic heterocycles. The summed E-state index contributed by atoms with van der Waals surface area (Å²) in [7, 11) is 0. The molecule has 4 heteroatoms. The van der Waals surface area contributed by atoms with Crippen LogP contribution in [0.4, 0.5) is 5.69 Å². The summed E-state index contributed by atoms with van der Waals surface area (Å²) in [6, 6.07) is 5.12. The molecule has 0 atom stereocenters. The number of ketones is 1. The summed E-state index contributed by atoms with van der Waals surface area (Å²) in [6.07, 6.45) is 1.34. The van der Waals surface area contributed by atoms with E-state index in [-0.39, 0.29) is 18.3 Å². The Bertz CT molecular complexity index is 440. The second kappa shape index (κ2) is 4.35. The molecule has 1 aromatic rings. The first-order valence-corrected chi connectivity index (χ1v) is 5.30. The molecule has 1 amide bonds. The number of anilines is 1. The summed E-state index contributed by atoms with van der Waals surface area (Å²) in [5, 5.41) is 2.68. The van der Waals surface area contributed by atoms with Gasteiger partial charge in [-0.2, -0.15) is 0 Å². The molecule has 1 heterocycles. The van der Waals surface area contributed by atoms with Crippen LogP contribution in [0.15, 0.2) is 18.2 Å². The van der Waals surface area contributed by atoms with Crippen molar-refractivity contribution in [1.29, 1.82) is 0 Å². The fraction of sp³-hybridized carbons (Fsp3) is 0.333. The van der Waals surface area contributed by atoms with Gasteiger partial charge >= 0.3 is 0 Å². The average Bonchev–Trinajstić information content (AvgIpc) is 2.28. The zero-order valence-electron chi connectivity index (χ0n) is 9.08. The Kier molecular flexibility index (Phi) is 2.90. The standard InChI is InChI=1S/C12H13NO3/c1-2-3-10(14)8-4-5-11-9(6-8)13-12(15)7-16-11/h4-6H,2-3,7H2,1H3,(H,13,15). The molecule has 0 spiro atoms. The Balaban J connectivity index is 2.27. The fourth-order valence-electron chi connectivity index (χ4n) is 1.63. The van der Waals surface area contributed by atoms with Gasteiger partial charge in [0.25, 0.3) is 5.91 Å². The molecule has 0 radical (unpaired) electrons. The third kappa shape index (κ3) is 2.05. The number of fused-ring (bicyclic) bond motifs is 1. The van der Waals surface area contributed by atoms with Crippen molar-refractivity contribution in [3.8, 4) is 5.75 Å². The minimum Gasteiger partial charge on any atom is -0.482 e. The van der Waals surface area contributed by atoms with Crippen molar-refractivity contribution in [2.24, 2.45) is 0 Å². The highest BCUT2D eigenvalue weighted by Crippen LogP contribution is 2.28. The second-order valence-corrected chi connectivity index (χ2v) is 3.72. The van der Waals surface area contributed by atoms with E-state index in [4.69, 9.17) is 4.74 Å². The molecule has 1 aliphatic heterocycles. The lowest BCUT2D eigenvalue weighted by Crippen LogP contribution is -2.25. The third-order valence-corrected chi connectivity index (χ3v) is 2.41. The van der Waals surface area contributed by atoms with Crippen LogP contribution in [0.5, 0.6) is 5.75 Å². The van der Waals surface area contributed by atoms with Crippen molar-refractivity contribution < 1.29 is 14.3 Å². The predicted octanol–water partition coefficient (Wildman–Crippen LogP) is 2.00. The number of Topliss-reactive ketones (excluding diaryl/α,β-unsaturated/α-hetero) is 1. The van der Waals surface area contributed by atoms with Gasteiger partial charge < -0.3 is 10.1 Å². The Hall–Kier alpha value is -1.84. The Morgan fingerprint density at radius 2 is 2.31 bits per heavy atom. The number of hydrogen-bond donors (Lipinski definition) is 1. The van der Waals surface area contributed by atoms with Gasteiger partial charge in [0, 0.05) is 12.0 Å². The summed E-state index contributed by atoms with van der Waals surface area (Å²) in [5.74, 6) is 0.519. The molecule has 0 unspecified atom stereocenters. The molecule has 0 fully saturated rings. The lowest BCUT2D eigenvalue weighted by Gasteiger charge is -2.18. The second-order valence-electron chi connectivity index (χ2n) is 3.72. The molecule has 2 rings (SSSR count). The summed E-state index contributed by atoms with van der Waals surface area (Å²) in [4.78, 5) is 22.8. The number of hydrogen-bond acceptors (Lipinski definition) is 3. The van der Waals surface area contributed by atoms with Gasteiger partial charge in [-0.1, -0.05) is 6.92 Å². The van der Waals surface area contributed by atoms with Crippen molar-refractivity contribution >= 4 is 17.4 Å². The van der Waals surface area contributed by atoms with Gasteiger partial charge in [-0.15, -0.1) is 0 Å². The fourth-order valence-corrected chi connectivity index (χ4v) is 1.63. The van der Waals surface area contributed by atoms with E-state index < -0.39 is 0 Å². The Labute approximate surface area is 93.6 Å². The van der Waals surface area contributed by atoms with Crippen LogP contribution in [0.1, 0.15) is 30.1 Å². The van der Waals surface area contributed by atoms with E-state index in [2.05, 4.69) is 5.32 Å². The first-order valence-electron chi connectivity index (χ1n) is 5.30. The van der Waals surface area contributed by atoms with E-state index in [1.54, 1.807) is 18.2 Å². The van der Waals surface area contributed by atoms with E-state index >= 15 is 0 Å². The van der Waals surface area contributed by atoms with E-state index in [9.17, 15) is 9.59 Å². The molecule has 0 bridgehead atoms. The zero-order valence-corrected chi connectivity index (χ0v) is 9.08. The third-order valence-electron chi connectivity index (χ3n) is 2.41. The first-order chi connectivity index (χ1) is 7.70. The van der Waals surface area contributed by atoms with Crippen LogP contribution in [-0.2, 0) is 4.79 Å². The highest BCUT2D eigenvalue weighted by Gasteiger charge is 2.17. The lowest BCUT2D eigenvalue weighted by molar-refractivity contribution is -0.118. The molecule has 0 saturated carbocycles. The van der Waals surface area contributed by atoms with Gasteiger partial charge in [-0.25, -0.2) is 0 Å². The van der Waals surface area contributed by atoms with E-state index in [0.717, 1.165) is 6.42 Å². The van der Waals surface area contributed by atoms with Crippen molar-refractivity contribution in [2.45, 2.75) is 19.8 Å². The summed E-state index contributed by atoms with van der Waals surface area (Å²) in [6.45, 7) is 2.00. The smallest absolute Gasteiger partial charge is 0.262 e. The minimum absolute atomic E-state index is 0.0370. The Morgan fingerprint density at radius 1 is 1.50 bits per heavy atom. The van der Waals surface area contributed by atoms with Gasteiger partial charge in [0.2, 0.25) is 0 Å². The van der Waals surface area contributed by atoms with Gasteiger partial charge in [-0.3, -0.25) is 9.59 Å². The van der Waals surface area contributed by atoms with Crippen LogP contribution in [0.3, 0.4) is 0 Å². The number of rotatable bonds is 3. The van der Waals surface area contributed by atoms with Crippen LogP contribution in [-0.4, -0.2) is 18.3 Å². The van der Waals surface area contributed by atoms with Gasteiger partial charge in [0.15, 0.2) is 12.4 Å². The number of nitrogens with one attached hydrogen (secondary N) is 1. The number of benzene rings is 1. The van der Waals surface area contributed by atoms with Gasteiger partial charge in [0.1, 0.15) is 5.75 Å². The van der Waals surface area contributed by atoms with Crippen LogP contribution < -0.4 is 10.1 Å². The molecular formula is C12H13NO3. The summed E-state index contributed by atoms with van der Waals surface area (Å²) < 4.78 is 5.21. The maximum atomic E-state index is 11.7. The van der Waals surface area contributed by atoms with E-state index in [0.29, 0.717) is 23.4 Å². The summed E-state index contributed by atoms with van der Waals surface area (Å²) >= 11 is 0. The molecular weight excluding hydrogens is 206 g/mol. The minimum atomic E-state index is -0.187. The topological polar surface area (TPSA) is 55.4 Å². The van der Waals surface area contributed by atoms with Crippen molar-refractivity contribution in [3.05, 3.63) is 23.8 Å². The Morgan fingerprint density at radius 3 is 3.06 bits per heavy atom. The molecule has 84 valence electrons. The van der Waals surface area contributed by atoms with Crippen molar-refractivity contribution in [2.75, 3.05) is 11.9 Å². The molecule has 0 saturated heterocycles. The zero-order chi connectivity index (χ0) is 11.5. The largest absolute Gasteiger partial charge is 0.482 e. The van der Waals surface area contributed by atoms with E-state index in [1.807, 2.05) is 6.92 Å². The highest BCUT2D eigenvalue weighted by molar-refractivity contribution is 6.00. The quantitative estimate of drug-likeness (QED) is 0.791. The maximum absolute atomic E-state index is 11.7. The van der Waals surface area contributed by atoms with Crippen molar-refractivity contribution in [1.82, 2.24) is 0 Å². The van der Waals surface area contributed by atoms with E-state index in [1.165, 1.54) is 0 Å². The number of amides is 1. The monoisotopic (exact) mass is 219 g/mol. The number of ether oxygens (including phenoxy) is 1. The summed E-state index contributed by atoms with van der Waals surface area (Å²) in [5.41, 5.74) is 1.20. The molecule has 1 N–H and O–H groups in total. The SMILES string of the molecule is CCCC(=O)c1ccc2c(c1)NC(=O)CO2. The van der Waals surface area contributed by atoms with Gasteiger partial charge in [0.05, 0.1) is 5.69 Å².